The van der Waals surface area contributed by atoms with Crippen molar-refractivity contribution in [3.8, 4) is 0 Å². The summed E-state index contributed by atoms with van der Waals surface area (Å²) in [6, 6.07) is 9.45. The minimum Gasteiger partial charge on any atom is -0.310 e. The average Bonchev–Trinajstić information content (AvgIpc) is 2.94. The zero-order chi connectivity index (χ0) is 11.9. The second-order valence-corrected chi connectivity index (χ2v) is 7.16. The lowest BCUT2D eigenvalue weighted by atomic mass is 10.0. The highest BCUT2D eigenvalue weighted by Crippen LogP contribution is 2.51. The van der Waals surface area contributed by atoms with Gasteiger partial charge in [0.2, 0.25) is 0 Å². The lowest BCUT2D eigenvalue weighted by molar-refractivity contribution is 0.456. The van der Waals surface area contributed by atoms with Crippen molar-refractivity contribution in [2.24, 2.45) is 11.3 Å². The molecule has 1 heterocycles. The quantitative estimate of drug-likeness (QED) is 0.870. The molecule has 1 aliphatic carbocycles. The third-order valence-electron chi connectivity index (χ3n) is 4.29. The van der Waals surface area contributed by atoms with Crippen LogP contribution >= 0.6 is 11.8 Å². The smallest absolute Gasteiger partial charge is 0.0339 e. The van der Waals surface area contributed by atoms with E-state index in [4.69, 9.17) is 0 Å². The van der Waals surface area contributed by atoms with Gasteiger partial charge in [-0.2, -0.15) is 0 Å². The number of nitrogens with one attached hydrogen (secondary N) is 1. The van der Waals surface area contributed by atoms with Crippen molar-refractivity contribution in [1.82, 2.24) is 5.32 Å². The van der Waals surface area contributed by atoms with Crippen LogP contribution in [0.3, 0.4) is 0 Å². The third-order valence-corrected chi connectivity index (χ3v) is 5.41. The van der Waals surface area contributed by atoms with Crippen LogP contribution in [-0.4, -0.2) is 12.3 Å². The summed E-state index contributed by atoms with van der Waals surface area (Å²) in [6.07, 6.45) is 2.66. The predicted molar refractivity (Wildman–Crippen MR) is 74.4 cm³/mol. The summed E-state index contributed by atoms with van der Waals surface area (Å²) in [4.78, 5) is 1.48. The van der Waals surface area contributed by atoms with E-state index < -0.39 is 0 Å². The summed E-state index contributed by atoms with van der Waals surface area (Å²) in [5.41, 5.74) is 2.11. The van der Waals surface area contributed by atoms with E-state index >= 15 is 0 Å². The second kappa shape index (κ2) is 4.33. The lowest BCUT2D eigenvalue weighted by Gasteiger charge is -2.26. The molecular weight excluding hydrogens is 226 g/mol. The van der Waals surface area contributed by atoms with Gasteiger partial charge in [-0.15, -0.1) is 11.8 Å². The Balaban J connectivity index is 1.65. The van der Waals surface area contributed by atoms with Crippen LogP contribution in [0.5, 0.6) is 0 Å². The molecular formula is C15H21NS. The maximum Gasteiger partial charge on any atom is 0.0339 e. The van der Waals surface area contributed by atoms with Gasteiger partial charge in [-0.3, -0.25) is 0 Å². The van der Waals surface area contributed by atoms with Crippen LogP contribution in [0, 0.1) is 11.3 Å². The topological polar surface area (TPSA) is 12.0 Å². The van der Waals surface area contributed by atoms with Gasteiger partial charge in [-0.25, -0.2) is 0 Å². The maximum atomic E-state index is 3.78. The monoisotopic (exact) mass is 247 g/mol. The number of thioether (sulfide) groups is 1. The van der Waals surface area contributed by atoms with Gasteiger partial charge < -0.3 is 5.32 Å². The third kappa shape index (κ3) is 2.38. The van der Waals surface area contributed by atoms with Gasteiger partial charge in [0.1, 0.15) is 0 Å². The van der Waals surface area contributed by atoms with Crippen LogP contribution < -0.4 is 5.32 Å². The molecule has 2 atom stereocenters. The van der Waals surface area contributed by atoms with E-state index in [0.717, 1.165) is 5.92 Å². The number of benzene rings is 1. The van der Waals surface area contributed by atoms with Gasteiger partial charge in [0.15, 0.2) is 0 Å². The zero-order valence-corrected chi connectivity index (χ0v) is 11.5. The van der Waals surface area contributed by atoms with Gasteiger partial charge in [-0.1, -0.05) is 32.0 Å². The molecule has 1 nitrogen and oxygen atoms in total. The van der Waals surface area contributed by atoms with Crippen LogP contribution in [0.2, 0.25) is 0 Å². The first kappa shape index (κ1) is 11.6. The molecule has 0 amide bonds. The molecule has 0 saturated heterocycles. The van der Waals surface area contributed by atoms with E-state index in [1.807, 2.05) is 11.8 Å². The standard InChI is InChI=1S/C15H21NS/c1-15(2)9-11(15)10-16-13-7-8-17-14-6-4-3-5-12(13)14/h3-6,11,13,16H,7-10H2,1-2H3. The largest absolute Gasteiger partial charge is 0.310 e. The lowest BCUT2D eigenvalue weighted by Crippen LogP contribution is -2.27. The first-order valence-electron chi connectivity index (χ1n) is 6.62. The van der Waals surface area contributed by atoms with Crippen molar-refractivity contribution in [1.29, 1.82) is 0 Å². The molecule has 0 radical (unpaired) electrons. The van der Waals surface area contributed by atoms with Gasteiger partial charge >= 0.3 is 0 Å². The first-order valence-corrected chi connectivity index (χ1v) is 7.60. The van der Waals surface area contributed by atoms with Gasteiger partial charge in [-0.05, 0) is 48.1 Å². The Morgan fingerprint density at radius 2 is 2.12 bits per heavy atom. The van der Waals surface area contributed by atoms with Crippen LogP contribution in [0.25, 0.3) is 0 Å². The van der Waals surface area contributed by atoms with Crippen molar-refractivity contribution in [2.45, 2.75) is 37.6 Å². The Hall–Kier alpha value is -0.470. The van der Waals surface area contributed by atoms with E-state index in [0.29, 0.717) is 11.5 Å². The fourth-order valence-electron chi connectivity index (χ4n) is 2.76. The highest BCUT2D eigenvalue weighted by Gasteiger charge is 2.45. The number of hydrogen-bond acceptors (Lipinski definition) is 2. The molecule has 3 rings (SSSR count). The summed E-state index contributed by atoms with van der Waals surface area (Å²) >= 11 is 2.00. The summed E-state index contributed by atoms with van der Waals surface area (Å²) < 4.78 is 0. The van der Waals surface area contributed by atoms with Gasteiger partial charge in [0, 0.05) is 10.9 Å². The summed E-state index contributed by atoms with van der Waals surface area (Å²) in [5, 5.41) is 3.78. The molecule has 92 valence electrons. The molecule has 0 spiro atoms. The molecule has 1 aromatic rings. The Kier molecular flexibility index (Phi) is 2.95. The highest BCUT2D eigenvalue weighted by molar-refractivity contribution is 7.99. The Morgan fingerprint density at radius 1 is 1.35 bits per heavy atom. The maximum absolute atomic E-state index is 3.78. The molecule has 0 bridgehead atoms. The van der Waals surface area contributed by atoms with Crippen molar-refractivity contribution >= 4 is 11.8 Å². The van der Waals surface area contributed by atoms with E-state index in [2.05, 4.69) is 43.4 Å². The molecule has 1 aliphatic heterocycles. The van der Waals surface area contributed by atoms with E-state index in [1.54, 1.807) is 0 Å². The van der Waals surface area contributed by atoms with Crippen LogP contribution in [0.15, 0.2) is 29.2 Å². The highest BCUT2D eigenvalue weighted by atomic mass is 32.2. The van der Waals surface area contributed by atoms with Crippen molar-refractivity contribution < 1.29 is 0 Å². The molecule has 1 N–H and O–H groups in total. The van der Waals surface area contributed by atoms with Gasteiger partial charge in [0.25, 0.3) is 0 Å². The Morgan fingerprint density at radius 3 is 2.88 bits per heavy atom. The van der Waals surface area contributed by atoms with Crippen LogP contribution in [-0.2, 0) is 0 Å². The molecule has 1 saturated carbocycles. The molecule has 1 fully saturated rings. The minimum atomic E-state index is 0.587. The van der Waals surface area contributed by atoms with Crippen molar-refractivity contribution in [3.63, 3.8) is 0 Å². The normalized spacial score (nSPS) is 29.8. The molecule has 17 heavy (non-hydrogen) atoms. The average molecular weight is 247 g/mol. The molecule has 2 aliphatic rings. The predicted octanol–water partition coefficient (Wildman–Crippen LogP) is 3.86. The summed E-state index contributed by atoms with van der Waals surface area (Å²) in [6.45, 7) is 5.95. The zero-order valence-electron chi connectivity index (χ0n) is 10.7. The molecule has 0 aromatic heterocycles. The molecule has 2 heteroatoms. The Bertz CT molecular complexity index is 413. The number of hydrogen-bond donors (Lipinski definition) is 1. The fourth-order valence-corrected chi connectivity index (χ4v) is 3.89. The second-order valence-electron chi connectivity index (χ2n) is 6.03. The van der Waals surface area contributed by atoms with Crippen molar-refractivity contribution in [2.75, 3.05) is 12.3 Å². The Labute approximate surface area is 108 Å². The van der Waals surface area contributed by atoms with Crippen molar-refractivity contribution in [3.05, 3.63) is 29.8 Å². The van der Waals surface area contributed by atoms with Crippen LogP contribution in [0.4, 0.5) is 0 Å². The molecule has 1 aromatic carbocycles. The van der Waals surface area contributed by atoms with Gasteiger partial charge in [0.05, 0.1) is 0 Å². The first-order chi connectivity index (χ1) is 8.17. The SMILES string of the molecule is CC1(C)CC1CNC1CCSc2ccccc21. The summed E-state index contributed by atoms with van der Waals surface area (Å²) in [7, 11) is 0. The van der Waals surface area contributed by atoms with E-state index in [-0.39, 0.29) is 0 Å². The minimum absolute atomic E-state index is 0.587. The van der Waals surface area contributed by atoms with E-state index in [1.165, 1.54) is 35.6 Å². The van der Waals surface area contributed by atoms with Crippen LogP contribution in [0.1, 0.15) is 38.3 Å². The number of rotatable bonds is 3. The summed E-state index contributed by atoms with van der Waals surface area (Å²) in [5.74, 6) is 2.15. The number of fused-ring (bicyclic) bond motifs is 1. The van der Waals surface area contributed by atoms with E-state index in [9.17, 15) is 0 Å². The fraction of sp³-hybridized carbons (Fsp3) is 0.600. The molecule has 2 unspecified atom stereocenters.